The number of nitrogens with zero attached hydrogens (tertiary/aromatic N) is 1. The molecule has 1 fully saturated rings. The van der Waals surface area contributed by atoms with Crippen LogP contribution < -0.4 is 10.6 Å². The van der Waals surface area contributed by atoms with Gasteiger partial charge < -0.3 is 15.5 Å². The van der Waals surface area contributed by atoms with Gasteiger partial charge in [-0.25, -0.2) is 13.6 Å². The predicted octanol–water partition coefficient (Wildman–Crippen LogP) is 1.63. The molecule has 0 saturated carbocycles. The number of alkyl halides is 2. The molecule has 21 heavy (non-hydrogen) atoms. The van der Waals surface area contributed by atoms with Crippen LogP contribution in [0.3, 0.4) is 0 Å². The van der Waals surface area contributed by atoms with Gasteiger partial charge in [-0.05, 0) is 12.8 Å². The lowest BCUT2D eigenvalue weighted by Gasteiger charge is -2.30. The lowest BCUT2D eigenvalue weighted by Crippen LogP contribution is -2.54. The number of carbonyl (C=O) groups excluding carboxylic acids is 2. The summed E-state index contributed by atoms with van der Waals surface area (Å²) in [5.41, 5.74) is 0. The summed E-state index contributed by atoms with van der Waals surface area (Å²) in [6.07, 6.45) is -0.932. The van der Waals surface area contributed by atoms with Crippen LogP contribution in [0.4, 0.5) is 13.6 Å². The van der Waals surface area contributed by atoms with Crippen LogP contribution in [-0.4, -0.2) is 54.9 Å². The molecule has 0 spiro atoms. The summed E-state index contributed by atoms with van der Waals surface area (Å²) in [4.78, 5) is 25.1. The number of ketones is 1. The van der Waals surface area contributed by atoms with Gasteiger partial charge in [-0.2, -0.15) is 0 Å². The second-order valence-electron chi connectivity index (χ2n) is 6.01. The number of halogens is 2. The Hall–Kier alpha value is -1.24. The number of Topliss-reactive ketones (excluding diaryl/α,β-unsaturated/α-hetero) is 1. The zero-order chi connectivity index (χ0) is 16.0. The van der Waals surface area contributed by atoms with Crippen molar-refractivity contribution in [1.29, 1.82) is 0 Å². The highest BCUT2D eigenvalue weighted by Gasteiger charge is 2.36. The zero-order valence-corrected chi connectivity index (χ0v) is 12.9. The average Bonchev–Trinajstić information content (AvgIpc) is 2.36. The van der Waals surface area contributed by atoms with E-state index in [0.717, 1.165) is 0 Å². The molecule has 1 saturated heterocycles. The van der Waals surface area contributed by atoms with Gasteiger partial charge in [0.1, 0.15) is 0 Å². The molecule has 0 aliphatic carbocycles. The normalized spacial score (nSPS) is 17.7. The standard InChI is InChI=1S/C14H25F2N3O2/c1-10(2)8-14(15,16)9-12(11(3)20)18-13(21)19-6-4-17-5-7-19/h10,12,17H,4-9H2,1-3H3,(H,18,21)/t12-/m0/s1. The van der Waals surface area contributed by atoms with Crippen molar-refractivity contribution in [2.45, 2.75) is 45.6 Å². The van der Waals surface area contributed by atoms with E-state index in [2.05, 4.69) is 10.6 Å². The van der Waals surface area contributed by atoms with E-state index in [1.807, 2.05) is 0 Å². The van der Waals surface area contributed by atoms with Crippen molar-refractivity contribution in [3.05, 3.63) is 0 Å². The number of urea groups is 1. The summed E-state index contributed by atoms with van der Waals surface area (Å²) < 4.78 is 27.7. The minimum atomic E-state index is -2.96. The summed E-state index contributed by atoms with van der Waals surface area (Å²) in [5.74, 6) is -3.57. The first-order chi connectivity index (χ1) is 9.71. The van der Waals surface area contributed by atoms with Crippen molar-refractivity contribution in [1.82, 2.24) is 15.5 Å². The minimum absolute atomic E-state index is 0.170. The van der Waals surface area contributed by atoms with Crippen molar-refractivity contribution in [2.24, 2.45) is 5.92 Å². The Kier molecular flexibility index (Phi) is 6.51. The topological polar surface area (TPSA) is 61.4 Å². The molecular weight excluding hydrogens is 280 g/mol. The maximum absolute atomic E-state index is 13.9. The van der Waals surface area contributed by atoms with Crippen LogP contribution in [-0.2, 0) is 4.79 Å². The Morgan fingerprint density at radius 3 is 2.29 bits per heavy atom. The van der Waals surface area contributed by atoms with E-state index in [-0.39, 0.29) is 12.3 Å². The molecule has 2 N–H and O–H groups in total. The van der Waals surface area contributed by atoms with Gasteiger partial charge in [-0.1, -0.05) is 13.8 Å². The first kappa shape index (κ1) is 17.8. The van der Waals surface area contributed by atoms with Gasteiger partial charge >= 0.3 is 6.03 Å². The quantitative estimate of drug-likeness (QED) is 0.784. The third-order valence-electron chi connectivity index (χ3n) is 3.40. The van der Waals surface area contributed by atoms with Crippen LogP contribution in [0, 0.1) is 5.92 Å². The van der Waals surface area contributed by atoms with E-state index in [1.54, 1.807) is 13.8 Å². The summed E-state index contributed by atoms with van der Waals surface area (Å²) in [6, 6.07) is -1.59. The van der Waals surface area contributed by atoms with Gasteiger partial charge in [0, 0.05) is 39.0 Å². The molecule has 7 heteroatoms. The van der Waals surface area contributed by atoms with Crippen molar-refractivity contribution >= 4 is 11.8 Å². The average molecular weight is 305 g/mol. The highest BCUT2D eigenvalue weighted by molar-refractivity contribution is 5.87. The van der Waals surface area contributed by atoms with Crippen LogP contribution in [0.15, 0.2) is 0 Å². The molecule has 5 nitrogen and oxygen atoms in total. The molecule has 0 radical (unpaired) electrons. The SMILES string of the molecule is CC(=O)[C@H](CC(F)(F)CC(C)C)NC(=O)N1CCNCC1. The monoisotopic (exact) mass is 305 g/mol. The van der Waals surface area contributed by atoms with Gasteiger partial charge in [-0.3, -0.25) is 4.79 Å². The van der Waals surface area contributed by atoms with Crippen molar-refractivity contribution in [3.63, 3.8) is 0 Å². The zero-order valence-electron chi connectivity index (χ0n) is 12.9. The Morgan fingerprint density at radius 2 is 1.81 bits per heavy atom. The van der Waals surface area contributed by atoms with E-state index in [0.29, 0.717) is 26.2 Å². The van der Waals surface area contributed by atoms with Gasteiger partial charge in [0.05, 0.1) is 6.04 Å². The molecule has 1 atom stereocenters. The molecule has 1 aliphatic rings. The van der Waals surface area contributed by atoms with Gasteiger partial charge in [-0.15, -0.1) is 0 Å². The Bertz CT molecular complexity index is 369. The van der Waals surface area contributed by atoms with Crippen molar-refractivity contribution in [3.8, 4) is 0 Å². The highest BCUT2D eigenvalue weighted by Crippen LogP contribution is 2.28. The first-order valence-corrected chi connectivity index (χ1v) is 7.36. The van der Waals surface area contributed by atoms with Gasteiger partial charge in [0.15, 0.2) is 5.78 Å². The third-order valence-corrected chi connectivity index (χ3v) is 3.40. The number of rotatable bonds is 6. The largest absolute Gasteiger partial charge is 0.328 e. The van der Waals surface area contributed by atoms with Crippen molar-refractivity contribution in [2.75, 3.05) is 26.2 Å². The molecule has 0 aromatic rings. The number of hydrogen-bond donors (Lipinski definition) is 2. The third kappa shape index (κ3) is 6.37. The molecule has 1 heterocycles. The minimum Gasteiger partial charge on any atom is -0.328 e. The number of piperazine rings is 1. The number of amides is 2. The van der Waals surface area contributed by atoms with E-state index < -0.39 is 30.2 Å². The molecular formula is C14H25F2N3O2. The summed E-state index contributed by atoms with van der Waals surface area (Å²) >= 11 is 0. The van der Waals surface area contributed by atoms with Crippen LogP contribution in [0.25, 0.3) is 0 Å². The molecule has 0 bridgehead atoms. The van der Waals surface area contributed by atoms with Crippen LogP contribution in [0.5, 0.6) is 0 Å². The molecule has 1 rings (SSSR count). The molecule has 0 aromatic heterocycles. The highest BCUT2D eigenvalue weighted by atomic mass is 19.3. The number of nitrogens with one attached hydrogen (secondary N) is 2. The van der Waals surface area contributed by atoms with Crippen molar-refractivity contribution < 1.29 is 18.4 Å². The molecule has 2 amide bonds. The number of carbonyl (C=O) groups is 2. The van der Waals surface area contributed by atoms with Gasteiger partial charge in [0.25, 0.3) is 5.92 Å². The maximum Gasteiger partial charge on any atom is 0.318 e. The molecule has 1 aliphatic heterocycles. The lowest BCUT2D eigenvalue weighted by molar-refractivity contribution is -0.122. The van der Waals surface area contributed by atoms with Gasteiger partial charge in [0.2, 0.25) is 0 Å². The summed E-state index contributed by atoms with van der Waals surface area (Å²) in [7, 11) is 0. The van der Waals surface area contributed by atoms with E-state index in [4.69, 9.17) is 0 Å². The first-order valence-electron chi connectivity index (χ1n) is 7.36. The van der Waals surface area contributed by atoms with Crippen LogP contribution >= 0.6 is 0 Å². The Labute approximate surface area is 124 Å². The second kappa shape index (κ2) is 7.68. The fourth-order valence-corrected chi connectivity index (χ4v) is 2.38. The smallest absolute Gasteiger partial charge is 0.318 e. The van der Waals surface area contributed by atoms with E-state index in [1.165, 1.54) is 11.8 Å². The summed E-state index contributed by atoms with van der Waals surface area (Å²) in [6.45, 7) is 7.00. The van der Waals surface area contributed by atoms with E-state index >= 15 is 0 Å². The second-order valence-corrected chi connectivity index (χ2v) is 6.01. The Balaban J connectivity index is 2.60. The fourth-order valence-electron chi connectivity index (χ4n) is 2.38. The number of hydrogen-bond acceptors (Lipinski definition) is 3. The Morgan fingerprint density at radius 1 is 1.24 bits per heavy atom. The molecule has 122 valence electrons. The summed E-state index contributed by atoms with van der Waals surface area (Å²) in [5, 5.41) is 5.54. The van der Waals surface area contributed by atoms with Crippen LogP contribution in [0.1, 0.15) is 33.6 Å². The van der Waals surface area contributed by atoms with E-state index in [9.17, 15) is 18.4 Å². The molecule has 0 unspecified atom stereocenters. The predicted molar refractivity (Wildman–Crippen MR) is 76.5 cm³/mol. The fraction of sp³-hybridized carbons (Fsp3) is 0.857. The molecule has 0 aromatic carbocycles. The maximum atomic E-state index is 13.9. The van der Waals surface area contributed by atoms with Crippen LogP contribution in [0.2, 0.25) is 0 Å². The lowest BCUT2D eigenvalue weighted by atomic mass is 9.97.